The molecule has 0 spiro atoms. The maximum atomic E-state index is 12.3. The Labute approximate surface area is 138 Å². The van der Waals surface area contributed by atoms with Gasteiger partial charge in [0.25, 0.3) is 0 Å². The number of benzene rings is 1. The molecule has 1 N–H and O–H groups in total. The molecule has 0 unspecified atom stereocenters. The third-order valence-electron chi connectivity index (χ3n) is 3.75. The summed E-state index contributed by atoms with van der Waals surface area (Å²) in [6.45, 7) is 2.86. The van der Waals surface area contributed by atoms with E-state index in [0.717, 1.165) is 21.3 Å². The molecule has 0 bridgehead atoms. The SMILES string of the molecule is COc1cccc2c1OC[C@H](C(=O)NCCc1nnc(C)s1)C2. The molecule has 1 aliphatic rings. The van der Waals surface area contributed by atoms with E-state index in [-0.39, 0.29) is 11.8 Å². The predicted octanol–water partition coefficient (Wildman–Crippen LogP) is 1.77. The second kappa shape index (κ2) is 6.95. The van der Waals surface area contributed by atoms with E-state index in [1.54, 1.807) is 18.4 Å². The highest BCUT2D eigenvalue weighted by Crippen LogP contribution is 2.35. The van der Waals surface area contributed by atoms with Crippen molar-refractivity contribution >= 4 is 17.2 Å². The van der Waals surface area contributed by atoms with Crippen molar-refractivity contribution in [2.45, 2.75) is 19.8 Å². The lowest BCUT2D eigenvalue weighted by atomic mass is 9.95. The third-order valence-corrected chi connectivity index (χ3v) is 4.65. The number of hydrogen-bond acceptors (Lipinski definition) is 6. The van der Waals surface area contributed by atoms with Crippen LogP contribution in [0.25, 0.3) is 0 Å². The Morgan fingerprint density at radius 2 is 2.35 bits per heavy atom. The van der Waals surface area contributed by atoms with Gasteiger partial charge in [0.2, 0.25) is 5.91 Å². The van der Waals surface area contributed by atoms with Crippen LogP contribution in [0.5, 0.6) is 11.5 Å². The number of carbonyl (C=O) groups excluding carboxylic acids is 1. The molecule has 0 radical (unpaired) electrons. The number of methoxy groups -OCH3 is 1. The molecule has 0 aliphatic carbocycles. The van der Waals surface area contributed by atoms with Gasteiger partial charge in [-0.15, -0.1) is 21.5 Å². The summed E-state index contributed by atoms with van der Waals surface area (Å²) in [4.78, 5) is 12.3. The number of para-hydroxylation sites is 1. The number of aryl methyl sites for hydroxylation is 1. The van der Waals surface area contributed by atoms with Gasteiger partial charge in [0, 0.05) is 13.0 Å². The monoisotopic (exact) mass is 333 g/mol. The molecule has 2 aromatic rings. The summed E-state index contributed by atoms with van der Waals surface area (Å²) in [6, 6.07) is 5.75. The predicted molar refractivity (Wildman–Crippen MR) is 87.0 cm³/mol. The molecule has 122 valence electrons. The van der Waals surface area contributed by atoms with Crippen LogP contribution in [0.4, 0.5) is 0 Å². The standard InChI is InChI=1S/C16H19N3O3S/c1-10-18-19-14(23-10)6-7-17-16(20)12-8-11-4-3-5-13(21-2)15(11)22-9-12/h3-5,12H,6-9H2,1-2H3,(H,17,20)/t12-/m1/s1. The first-order chi connectivity index (χ1) is 11.2. The Hall–Kier alpha value is -2.15. The van der Waals surface area contributed by atoms with Gasteiger partial charge in [0.1, 0.15) is 16.6 Å². The van der Waals surface area contributed by atoms with Gasteiger partial charge in [-0.3, -0.25) is 4.79 Å². The van der Waals surface area contributed by atoms with Crippen LogP contribution in [0.1, 0.15) is 15.6 Å². The Morgan fingerprint density at radius 3 is 3.09 bits per heavy atom. The highest BCUT2D eigenvalue weighted by Gasteiger charge is 2.27. The molecule has 2 heterocycles. The lowest BCUT2D eigenvalue weighted by molar-refractivity contribution is -0.126. The van der Waals surface area contributed by atoms with Gasteiger partial charge in [-0.25, -0.2) is 0 Å². The second-order valence-electron chi connectivity index (χ2n) is 5.42. The molecule has 1 atom stereocenters. The molecule has 1 aromatic carbocycles. The van der Waals surface area contributed by atoms with Crippen LogP contribution < -0.4 is 14.8 Å². The molecular weight excluding hydrogens is 314 g/mol. The van der Waals surface area contributed by atoms with Crippen LogP contribution in [0, 0.1) is 12.8 Å². The summed E-state index contributed by atoms with van der Waals surface area (Å²) < 4.78 is 11.0. The van der Waals surface area contributed by atoms with Gasteiger partial charge in [-0.2, -0.15) is 0 Å². The van der Waals surface area contributed by atoms with Gasteiger partial charge in [-0.05, 0) is 25.0 Å². The van der Waals surface area contributed by atoms with E-state index in [0.29, 0.717) is 31.7 Å². The fraction of sp³-hybridized carbons (Fsp3) is 0.438. The number of aromatic nitrogens is 2. The van der Waals surface area contributed by atoms with Crippen LogP contribution >= 0.6 is 11.3 Å². The molecule has 1 amide bonds. The van der Waals surface area contributed by atoms with E-state index in [1.165, 1.54) is 0 Å². The Balaban J connectivity index is 1.54. The van der Waals surface area contributed by atoms with Crippen LogP contribution in [-0.4, -0.2) is 36.4 Å². The number of fused-ring (bicyclic) bond motifs is 1. The molecule has 6 nitrogen and oxygen atoms in total. The average molecular weight is 333 g/mol. The van der Waals surface area contributed by atoms with Crippen molar-refractivity contribution < 1.29 is 14.3 Å². The molecule has 0 saturated carbocycles. The number of nitrogens with one attached hydrogen (secondary N) is 1. The van der Waals surface area contributed by atoms with E-state index < -0.39 is 0 Å². The average Bonchev–Trinajstić information content (AvgIpc) is 2.99. The lowest BCUT2D eigenvalue weighted by Gasteiger charge is -2.25. The summed E-state index contributed by atoms with van der Waals surface area (Å²) in [5.74, 6) is 1.31. The number of carbonyl (C=O) groups is 1. The molecule has 1 aliphatic heterocycles. The number of rotatable bonds is 5. The maximum Gasteiger partial charge on any atom is 0.226 e. The molecule has 3 rings (SSSR count). The van der Waals surface area contributed by atoms with Crippen molar-refractivity contribution in [1.82, 2.24) is 15.5 Å². The fourth-order valence-electron chi connectivity index (χ4n) is 2.60. The normalized spacial score (nSPS) is 16.3. The fourth-order valence-corrected chi connectivity index (χ4v) is 3.31. The largest absolute Gasteiger partial charge is 0.493 e. The third kappa shape index (κ3) is 3.61. The summed E-state index contributed by atoms with van der Waals surface area (Å²) in [5.41, 5.74) is 1.01. The van der Waals surface area contributed by atoms with E-state index in [9.17, 15) is 4.79 Å². The van der Waals surface area contributed by atoms with Gasteiger partial charge < -0.3 is 14.8 Å². The van der Waals surface area contributed by atoms with Crippen molar-refractivity contribution in [2.75, 3.05) is 20.3 Å². The van der Waals surface area contributed by atoms with Crippen LogP contribution in [0.3, 0.4) is 0 Å². The first kappa shape index (κ1) is 15.7. The smallest absolute Gasteiger partial charge is 0.226 e. The Bertz CT molecular complexity index is 702. The van der Waals surface area contributed by atoms with Crippen LogP contribution in [0.15, 0.2) is 18.2 Å². The highest BCUT2D eigenvalue weighted by molar-refractivity contribution is 7.11. The zero-order valence-electron chi connectivity index (χ0n) is 13.2. The minimum absolute atomic E-state index is 0.0136. The molecule has 23 heavy (non-hydrogen) atoms. The molecular formula is C16H19N3O3S. The summed E-state index contributed by atoms with van der Waals surface area (Å²) in [7, 11) is 1.62. The molecule has 0 saturated heterocycles. The van der Waals surface area contributed by atoms with Crippen molar-refractivity contribution in [3.8, 4) is 11.5 Å². The van der Waals surface area contributed by atoms with Crippen molar-refractivity contribution in [3.05, 3.63) is 33.8 Å². The van der Waals surface area contributed by atoms with E-state index in [2.05, 4.69) is 15.5 Å². The summed E-state index contributed by atoms with van der Waals surface area (Å²) in [5, 5.41) is 12.9. The molecule has 0 fully saturated rings. The van der Waals surface area contributed by atoms with Crippen molar-refractivity contribution in [2.24, 2.45) is 5.92 Å². The van der Waals surface area contributed by atoms with Crippen molar-refractivity contribution in [3.63, 3.8) is 0 Å². The zero-order chi connectivity index (χ0) is 16.2. The Morgan fingerprint density at radius 1 is 1.48 bits per heavy atom. The lowest BCUT2D eigenvalue weighted by Crippen LogP contribution is -2.38. The second-order valence-corrected chi connectivity index (χ2v) is 6.68. The molecule has 7 heteroatoms. The van der Waals surface area contributed by atoms with Gasteiger partial charge >= 0.3 is 0 Å². The first-order valence-electron chi connectivity index (χ1n) is 7.52. The van der Waals surface area contributed by atoms with Crippen LogP contribution in [-0.2, 0) is 17.6 Å². The minimum atomic E-state index is -0.175. The number of amides is 1. The van der Waals surface area contributed by atoms with Gasteiger partial charge in [0.15, 0.2) is 11.5 Å². The van der Waals surface area contributed by atoms with E-state index >= 15 is 0 Å². The quantitative estimate of drug-likeness (QED) is 0.903. The highest BCUT2D eigenvalue weighted by atomic mass is 32.1. The van der Waals surface area contributed by atoms with Crippen LogP contribution in [0.2, 0.25) is 0 Å². The maximum absolute atomic E-state index is 12.3. The minimum Gasteiger partial charge on any atom is -0.493 e. The van der Waals surface area contributed by atoms with Gasteiger partial charge in [0.05, 0.1) is 13.0 Å². The van der Waals surface area contributed by atoms with Crippen molar-refractivity contribution in [1.29, 1.82) is 0 Å². The van der Waals surface area contributed by atoms with Gasteiger partial charge in [-0.1, -0.05) is 12.1 Å². The number of ether oxygens (including phenoxy) is 2. The first-order valence-corrected chi connectivity index (χ1v) is 8.34. The summed E-state index contributed by atoms with van der Waals surface area (Å²) in [6.07, 6.45) is 1.37. The Kier molecular flexibility index (Phi) is 4.76. The number of nitrogens with zero attached hydrogens (tertiary/aromatic N) is 2. The van der Waals surface area contributed by atoms with E-state index in [4.69, 9.17) is 9.47 Å². The topological polar surface area (TPSA) is 73.3 Å². The zero-order valence-corrected chi connectivity index (χ0v) is 14.0. The molecule has 1 aromatic heterocycles. The van der Waals surface area contributed by atoms with E-state index in [1.807, 2.05) is 25.1 Å². The summed E-state index contributed by atoms with van der Waals surface area (Å²) >= 11 is 1.56. The number of hydrogen-bond donors (Lipinski definition) is 1.